The molecule has 24 heavy (non-hydrogen) atoms. The van der Waals surface area contributed by atoms with Crippen molar-refractivity contribution in [2.75, 3.05) is 31.5 Å². The van der Waals surface area contributed by atoms with Crippen LogP contribution in [0.25, 0.3) is 0 Å². The van der Waals surface area contributed by atoms with E-state index < -0.39 is 0 Å². The van der Waals surface area contributed by atoms with Crippen LogP contribution in [-0.2, 0) is 11.3 Å². The number of pyridine rings is 2. The molecule has 1 aliphatic rings. The first kappa shape index (κ1) is 15.9. The van der Waals surface area contributed by atoms with Crippen LogP contribution in [0.3, 0.4) is 0 Å². The van der Waals surface area contributed by atoms with E-state index in [1.807, 2.05) is 12.1 Å². The minimum atomic E-state index is -0.0573. The zero-order valence-corrected chi connectivity index (χ0v) is 13.3. The molecule has 1 N–H and O–H groups in total. The van der Waals surface area contributed by atoms with Gasteiger partial charge in [0, 0.05) is 57.5 Å². The van der Waals surface area contributed by atoms with E-state index in [9.17, 15) is 9.59 Å². The lowest BCUT2D eigenvalue weighted by Crippen LogP contribution is -2.48. The Morgan fingerprint density at radius 1 is 1.17 bits per heavy atom. The predicted molar refractivity (Wildman–Crippen MR) is 89.3 cm³/mol. The van der Waals surface area contributed by atoms with Gasteiger partial charge in [0.25, 0.3) is 5.91 Å². The van der Waals surface area contributed by atoms with Gasteiger partial charge in [0.05, 0.1) is 11.3 Å². The molecule has 0 radical (unpaired) electrons. The van der Waals surface area contributed by atoms with Gasteiger partial charge in [-0.25, -0.2) is 0 Å². The molecule has 7 nitrogen and oxygen atoms in total. The van der Waals surface area contributed by atoms with Crippen molar-refractivity contribution < 1.29 is 9.59 Å². The molecule has 0 aliphatic carbocycles. The standard InChI is InChI=1S/C17H19N5O2/c23-13-21-4-6-22(7-5-21)17(24)15-8-16(12-19-11-15)20-10-14-2-1-3-18-9-14/h1-3,8-9,11-13,20H,4-7,10H2. The Morgan fingerprint density at radius 3 is 2.71 bits per heavy atom. The molecule has 0 saturated carbocycles. The molecule has 2 aromatic heterocycles. The number of anilines is 1. The van der Waals surface area contributed by atoms with Crippen LogP contribution in [0, 0.1) is 0 Å². The maximum atomic E-state index is 12.6. The predicted octanol–water partition coefficient (Wildman–Crippen LogP) is 1.00. The van der Waals surface area contributed by atoms with E-state index >= 15 is 0 Å². The molecule has 1 aliphatic heterocycles. The summed E-state index contributed by atoms with van der Waals surface area (Å²) in [7, 11) is 0. The third-order valence-electron chi connectivity index (χ3n) is 3.96. The van der Waals surface area contributed by atoms with E-state index in [1.54, 1.807) is 40.7 Å². The van der Waals surface area contributed by atoms with Gasteiger partial charge in [-0.05, 0) is 17.7 Å². The molecule has 2 amide bonds. The lowest BCUT2D eigenvalue weighted by Gasteiger charge is -2.32. The highest BCUT2D eigenvalue weighted by Crippen LogP contribution is 2.13. The number of piperazine rings is 1. The summed E-state index contributed by atoms with van der Waals surface area (Å²) in [4.78, 5) is 35.0. The number of nitrogens with zero attached hydrogens (tertiary/aromatic N) is 4. The second-order valence-electron chi connectivity index (χ2n) is 5.61. The summed E-state index contributed by atoms with van der Waals surface area (Å²) < 4.78 is 0. The molecule has 0 aromatic carbocycles. The highest BCUT2D eigenvalue weighted by molar-refractivity contribution is 5.94. The number of nitrogens with one attached hydrogen (secondary N) is 1. The molecule has 124 valence electrons. The van der Waals surface area contributed by atoms with Gasteiger partial charge in [-0.3, -0.25) is 19.6 Å². The Balaban J connectivity index is 1.62. The first-order chi connectivity index (χ1) is 11.8. The quantitative estimate of drug-likeness (QED) is 0.830. The van der Waals surface area contributed by atoms with Gasteiger partial charge >= 0.3 is 0 Å². The fourth-order valence-electron chi connectivity index (χ4n) is 2.57. The molecule has 2 aromatic rings. The van der Waals surface area contributed by atoms with E-state index in [2.05, 4.69) is 15.3 Å². The number of carbonyl (C=O) groups excluding carboxylic acids is 2. The first-order valence-electron chi connectivity index (χ1n) is 7.83. The normalized spacial score (nSPS) is 14.3. The van der Waals surface area contributed by atoms with E-state index in [1.165, 1.54) is 0 Å². The second-order valence-corrected chi connectivity index (χ2v) is 5.61. The average Bonchev–Trinajstić information content (AvgIpc) is 2.67. The van der Waals surface area contributed by atoms with Crippen molar-refractivity contribution in [1.29, 1.82) is 0 Å². The maximum absolute atomic E-state index is 12.6. The topological polar surface area (TPSA) is 78.4 Å². The molecular weight excluding hydrogens is 306 g/mol. The average molecular weight is 325 g/mol. The van der Waals surface area contributed by atoms with Crippen LogP contribution in [0.15, 0.2) is 43.0 Å². The Bertz CT molecular complexity index is 699. The number of hydrogen-bond donors (Lipinski definition) is 1. The van der Waals surface area contributed by atoms with Gasteiger partial charge in [0.2, 0.25) is 6.41 Å². The molecule has 7 heteroatoms. The van der Waals surface area contributed by atoms with Crippen molar-refractivity contribution in [2.24, 2.45) is 0 Å². The van der Waals surface area contributed by atoms with Crippen LogP contribution >= 0.6 is 0 Å². The van der Waals surface area contributed by atoms with E-state index in [0.29, 0.717) is 38.3 Å². The van der Waals surface area contributed by atoms with E-state index in [-0.39, 0.29) is 5.91 Å². The minimum absolute atomic E-state index is 0.0573. The number of hydrogen-bond acceptors (Lipinski definition) is 5. The molecule has 3 rings (SSSR count). The van der Waals surface area contributed by atoms with Gasteiger partial charge in [-0.15, -0.1) is 0 Å². The van der Waals surface area contributed by atoms with Crippen LogP contribution in [0.1, 0.15) is 15.9 Å². The van der Waals surface area contributed by atoms with Crippen molar-refractivity contribution >= 4 is 18.0 Å². The second kappa shape index (κ2) is 7.54. The molecule has 1 saturated heterocycles. The van der Waals surface area contributed by atoms with Crippen LogP contribution in [0.5, 0.6) is 0 Å². The monoisotopic (exact) mass is 325 g/mol. The highest BCUT2D eigenvalue weighted by atomic mass is 16.2. The Hall–Kier alpha value is -2.96. The molecule has 0 atom stereocenters. The van der Waals surface area contributed by atoms with Crippen LogP contribution in [0.4, 0.5) is 5.69 Å². The number of amides is 2. The fourth-order valence-corrected chi connectivity index (χ4v) is 2.57. The summed E-state index contributed by atoms with van der Waals surface area (Å²) in [6.45, 7) is 2.85. The summed E-state index contributed by atoms with van der Waals surface area (Å²) in [5.41, 5.74) is 2.39. The molecule has 3 heterocycles. The lowest BCUT2D eigenvalue weighted by atomic mass is 10.2. The summed E-state index contributed by atoms with van der Waals surface area (Å²) in [5, 5.41) is 3.25. The van der Waals surface area contributed by atoms with Crippen LogP contribution in [-0.4, -0.2) is 58.3 Å². The molecule has 0 bridgehead atoms. The lowest BCUT2D eigenvalue weighted by molar-refractivity contribution is -0.119. The third kappa shape index (κ3) is 3.87. The number of rotatable bonds is 5. The minimum Gasteiger partial charge on any atom is -0.380 e. The summed E-state index contributed by atoms with van der Waals surface area (Å²) in [5.74, 6) is -0.0573. The molecule has 0 unspecified atom stereocenters. The van der Waals surface area contributed by atoms with E-state index in [4.69, 9.17) is 0 Å². The zero-order valence-electron chi connectivity index (χ0n) is 13.3. The van der Waals surface area contributed by atoms with Gasteiger partial charge in [0.1, 0.15) is 0 Å². The zero-order chi connectivity index (χ0) is 16.8. The Labute approximate surface area is 140 Å². The van der Waals surface area contributed by atoms with Crippen molar-refractivity contribution in [2.45, 2.75) is 6.54 Å². The smallest absolute Gasteiger partial charge is 0.255 e. The third-order valence-corrected chi connectivity index (χ3v) is 3.96. The van der Waals surface area contributed by atoms with E-state index in [0.717, 1.165) is 17.7 Å². The summed E-state index contributed by atoms with van der Waals surface area (Å²) >= 11 is 0. The first-order valence-corrected chi connectivity index (χ1v) is 7.83. The van der Waals surface area contributed by atoms with Gasteiger partial charge in [0.15, 0.2) is 0 Å². The number of carbonyl (C=O) groups is 2. The van der Waals surface area contributed by atoms with Crippen molar-refractivity contribution in [1.82, 2.24) is 19.8 Å². The molecular formula is C17H19N5O2. The Morgan fingerprint density at radius 2 is 2.00 bits per heavy atom. The Kier molecular flexibility index (Phi) is 5.00. The van der Waals surface area contributed by atoms with Gasteiger partial charge in [-0.2, -0.15) is 0 Å². The fraction of sp³-hybridized carbons (Fsp3) is 0.294. The SMILES string of the molecule is O=CN1CCN(C(=O)c2cncc(NCc3cccnc3)c2)CC1. The van der Waals surface area contributed by atoms with Crippen LogP contribution in [0.2, 0.25) is 0 Å². The molecule has 1 fully saturated rings. The van der Waals surface area contributed by atoms with Crippen molar-refractivity contribution in [3.63, 3.8) is 0 Å². The highest BCUT2D eigenvalue weighted by Gasteiger charge is 2.21. The van der Waals surface area contributed by atoms with Gasteiger partial charge in [-0.1, -0.05) is 6.07 Å². The van der Waals surface area contributed by atoms with Crippen molar-refractivity contribution in [3.05, 3.63) is 54.1 Å². The maximum Gasteiger partial charge on any atom is 0.255 e. The summed E-state index contributed by atoms with van der Waals surface area (Å²) in [6, 6.07) is 5.67. The number of aromatic nitrogens is 2. The largest absolute Gasteiger partial charge is 0.380 e. The van der Waals surface area contributed by atoms with Crippen LogP contribution < -0.4 is 5.32 Å². The van der Waals surface area contributed by atoms with Crippen molar-refractivity contribution in [3.8, 4) is 0 Å². The summed E-state index contributed by atoms with van der Waals surface area (Å²) in [6.07, 6.45) is 7.62. The van der Waals surface area contributed by atoms with Gasteiger partial charge < -0.3 is 15.1 Å². The molecule has 0 spiro atoms.